The number of halogens is 1. The second-order valence-electron chi connectivity index (χ2n) is 6.95. The summed E-state index contributed by atoms with van der Waals surface area (Å²) in [6.45, 7) is 3.19. The fourth-order valence-electron chi connectivity index (χ4n) is 2.54. The number of nitrogens with one attached hydrogen (secondary N) is 2. The van der Waals surface area contributed by atoms with Crippen molar-refractivity contribution in [1.29, 1.82) is 0 Å². The van der Waals surface area contributed by atoms with E-state index in [1.54, 1.807) is 62.4 Å². The van der Waals surface area contributed by atoms with Gasteiger partial charge in [0, 0.05) is 22.0 Å². The van der Waals surface area contributed by atoms with Gasteiger partial charge in [0.25, 0.3) is 11.8 Å². The van der Waals surface area contributed by atoms with Crippen molar-refractivity contribution in [3.05, 3.63) is 81.6 Å². The van der Waals surface area contributed by atoms with Crippen molar-refractivity contribution in [2.24, 2.45) is 0 Å². The number of benzene rings is 2. The normalized spacial score (nSPS) is 11.0. The second kappa shape index (κ2) is 8.34. The highest BCUT2D eigenvalue weighted by atomic mass is 35.5. The van der Waals surface area contributed by atoms with Gasteiger partial charge in [0.15, 0.2) is 0 Å². The van der Waals surface area contributed by atoms with Gasteiger partial charge in [-0.1, -0.05) is 11.6 Å². The van der Waals surface area contributed by atoms with Gasteiger partial charge in [-0.25, -0.2) is 0 Å². The van der Waals surface area contributed by atoms with E-state index < -0.39 is 16.4 Å². The predicted octanol–water partition coefficient (Wildman–Crippen LogP) is 4.07. The van der Waals surface area contributed by atoms with Gasteiger partial charge >= 0.3 is 5.69 Å². The quantitative estimate of drug-likeness (QED) is 0.454. The Bertz CT molecular complexity index is 1090. The number of nitrogens with zero attached hydrogens (tertiary/aromatic N) is 3. The van der Waals surface area contributed by atoms with Gasteiger partial charge in [0.1, 0.15) is 17.9 Å². The summed E-state index contributed by atoms with van der Waals surface area (Å²) in [7, 11) is 0. The molecule has 3 rings (SSSR count). The van der Waals surface area contributed by atoms with Crippen LogP contribution in [0.3, 0.4) is 0 Å². The van der Waals surface area contributed by atoms with Crippen molar-refractivity contribution in [2.45, 2.75) is 19.4 Å². The molecule has 0 aliphatic carbocycles. The summed E-state index contributed by atoms with van der Waals surface area (Å²) in [5.41, 5.74) is 0.160. The zero-order valence-electron chi connectivity index (χ0n) is 16.1. The summed E-state index contributed by atoms with van der Waals surface area (Å²) in [6.07, 6.45) is 2.29. The van der Waals surface area contributed by atoms with E-state index in [0.29, 0.717) is 22.0 Å². The number of rotatable bonds is 6. The van der Waals surface area contributed by atoms with Crippen LogP contribution in [0.5, 0.6) is 0 Å². The summed E-state index contributed by atoms with van der Waals surface area (Å²) < 4.78 is 1.24. The molecule has 2 amide bonds. The molecule has 3 aromatic rings. The number of nitro groups is 1. The summed E-state index contributed by atoms with van der Waals surface area (Å²) in [4.78, 5) is 35.2. The SMILES string of the molecule is CC(C)(C(=O)Nc1ccc(NC(=O)c2ccc(Cl)cc2)cc1)n1cc([N+](=O)[O-])cn1. The fourth-order valence-corrected chi connectivity index (χ4v) is 2.67. The summed E-state index contributed by atoms with van der Waals surface area (Å²) in [6, 6.07) is 13.1. The van der Waals surface area contributed by atoms with Crippen LogP contribution >= 0.6 is 11.6 Å². The van der Waals surface area contributed by atoms with Crippen molar-refractivity contribution >= 4 is 40.5 Å². The maximum absolute atomic E-state index is 12.7. The van der Waals surface area contributed by atoms with Crippen molar-refractivity contribution in [3.8, 4) is 0 Å². The first-order valence-corrected chi connectivity index (χ1v) is 9.22. The molecule has 10 heteroatoms. The minimum absolute atomic E-state index is 0.198. The van der Waals surface area contributed by atoms with Crippen LogP contribution in [0.15, 0.2) is 60.9 Å². The third-order valence-corrected chi connectivity index (χ3v) is 4.67. The van der Waals surface area contributed by atoms with E-state index in [0.717, 1.165) is 6.20 Å². The van der Waals surface area contributed by atoms with Crippen molar-refractivity contribution in [2.75, 3.05) is 10.6 Å². The van der Waals surface area contributed by atoms with Crippen LogP contribution < -0.4 is 10.6 Å². The smallest absolute Gasteiger partial charge is 0.307 e. The van der Waals surface area contributed by atoms with Crippen LogP contribution in [0.1, 0.15) is 24.2 Å². The summed E-state index contributed by atoms with van der Waals surface area (Å²) >= 11 is 5.82. The monoisotopic (exact) mass is 427 g/mol. The van der Waals surface area contributed by atoms with Gasteiger partial charge in [-0.15, -0.1) is 0 Å². The first-order valence-electron chi connectivity index (χ1n) is 8.85. The average molecular weight is 428 g/mol. The topological polar surface area (TPSA) is 119 Å². The van der Waals surface area contributed by atoms with Crippen molar-refractivity contribution < 1.29 is 14.5 Å². The Balaban J connectivity index is 1.65. The zero-order valence-corrected chi connectivity index (χ0v) is 16.9. The first-order chi connectivity index (χ1) is 14.2. The Morgan fingerprint density at radius 3 is 2.13 bits per heavy atom. The van der Waals surface area contributed by atoms with Crippen LogP contribution in [0, 0.1) is 10.1 Å². The largest absolute Gasteiger partial charge is 0.324 e. The molecule has 0 saturated carbocycles. The van der Waals surface area contributed by atoms with Gasteiger partial charge in [0.2, 0.25) is 0 Å². The molecule has 0 unspecified atom stereocenters. The fraction of sp³-hybridized carbons (Fsp3) is 0.150. The molecule has 0 saturated heterocycles. The molecule has 0 fully saturated rings. The van der Waals surface area contributed by atoms with E-state index in [-0.39, 0.29) is 11.6 Å². The highest BCUT2D eigenvalue weighted by molar-refractivity contribution is 6.30. The zero-order chi connectivity index (χ0) is 21.9. The molecule has 30 heavy (non-hydrogen) atoms. The third-order valence-electron chi connectivity index (χ3n) is 4.42. The Kier molecular flexibility index (Phi) is 5.84. The Labute approximate surface area is 176 Å². The summed E-state index contributed by atoms with van der Waals surface area (Å²) in [5.74, 6) is -0.691. The van der Waals surface area contributed by atoms with E-state index in [9.17, 15) is 19.7 Å². The van der Waals surface area contributed by atoms with Crippen LogP contribution in [0.2, 0.25) is 5.02 Å². The molecule has 0 atom stereocenters. The highest BCUT2D eigenvalue weighted by Crippen LogP contribution is 2.22. The minimum Gasteiger partial charge on any atom is -0.324 e. The van der Waals surface area contributed by atoms with E-state index in [1.807, 2.05) is 0 Å². The Morgan fingerprint density at radius 1 is 1.03 bits per heavy atom. The standard InChI is InChI=1S/C20H18ClN5O4/c1-20(2,25-12-17(11-22-25)26(29)30)19(28)24-16-9-7-15(8-10-16)23-18(27)13-3-5-14(21)6-4-13/h3-12H,1-2H3,(H,23,27)(H,24,28). The molecule has 2 aromatic carbocycles. The van der Waals surface area contributed by atoms with Crippen LogP contribution in [0.4, 0.5) is 17.1 Å². The van der Waals surface area contributed by atoms with Crippen LogP contribution in [-0.2, 0) is 10.3 Å². The lowest BCUT2D eigenvalue weighted by Gasteiger charge is -2.24. The highest BCUT2D eigenvalue weighted by Gasteiger charge is 2.32. The number of hydrogen-bond donors (Lipinski definition) is 2. The molecule has 1 heterocycles. The van der Waals surface area contributed by atoms with E-state index in [1.165, 1.54) is 10.9 Å². The average Bonchev–Trinajstić information content (AvgIpc) is 3.21. The maximum atomic E-state index is 12.7. The molecule has 1 aromatic heterocycles. The van der Waals surface area contributed by atoms with Gasteiger partial charge < -0.3 is 10.6 Å². The Hall–Kier alpha value is -3.72. The number of anilines is 2. The number of carbonyl (C=O) groups excluding carboxylic acids is 2. The van der Waals surface area contributed by atoms with E-state index >= 15 is 0 Å². The van der Waals surface area contributed by atoms with Gasteiger partial charge in [-0.2, -0.15) is 5.10 Å². The van der Waals surface area contributed by atoms with Crippen LogP contribution in [-0.4, -0.2) is 26.5 Å². The molecule has 0 aliphatic heterocycles. The lowest BCUT2D eigenvalue weighted by atomic mass is 10.0. The molecule has 2 N–H and O–H groups in total. The van der Waals surface area contributed by atoms with Crippen molar-refractivity contribution in [1.82, 2.24) is 9.78 Å². The molecular formula is C20H18ClN5O4. The van der Waals surface area contributed by atoms with E-state index in [2.05, 4.69) is 15.7 Å². The molecule has 154 valence electrons. The maximum Gasteiger partial charge on any atom is 0.307 e. The number of hydrogen-bond acceptors (Lipinski definition) is 5. The van der Waals surface area contributed by atoms with Crippen LogP contribution in [0.25, 0.3) is 0 Å². The molecular weight excluding hydrogens is 410 g/mol. The summed E-state index contributed by atoms with van der Waals surface area (Å²) in [5, 5.41) is 20.8. The number of aromatic nitrogens is 2. The third kappa shape index (κ3) is 4.64. The molecule has 0 aliphatic rings. The minimum atomic E-state index is -1.16. The van der Waals surface area contributed by atoms with Gasteiger partial charge in [-0.05, 0) is 62.4 Å². The number of carbonyl (C=O) groups is 2. The molecule has 9 nitrogen and oxygen atoms in total. The molecule has 0 radical (unpaired) electrons. The predicted molar refractivity (Wildman–Crippen MR) is 113 cm³/mol. The van der Waals surface area contributed by atoms with Gasteiger partial charge in [0.05, 0.1) is 4.92 Å². The van der Waals surface area contributed by atoms with Gasteiger partial charge in [-0.3, -0.25) is 24.4 Å². The first kappa shape index (κ1) is 21.0. The van der Waals surface area contributed by atoms with E-state index in [4.69, 9.17) is 11.6 Å². The lowest BCUT2D eigenvalue weighted by molar-refractivity contribution is -0.385. The number of amides is 2. The molecule has 0 spiro atoms. The van der Waals surface area contributed by atoms with Crippen molar-refractivity contribution in [3.63, 3.8) is 0 Å². The lowest BCUT2D eigenvalue weighted by Crippen LogP contribution is -2.40. The second-order valence-corrected chi connectivity index (χ2v) is 7.39. The molecule has 0 bridgehead atoms. The Morgan fingerprint density at radius 2 is 1.60 bits per heavy atom.